The highest BCUT2D eigenvalue weighted by molar-refractivity contribution is 7.19. The fourth-order valence-electron chi connectivity index (χ4n) is 4.02. The number of amides is 1. The van der Waals surface area contributed by atoms with Gasteiger partial charge in [-0.05, 0) is 56.0 Å². The van der Waals surface area contributed by atoms with Crippen LogP contribution in [0.5, 0.6) is 0 Å². The molecule has 32 heavy (non-hydrogen) atoms. The van der Waals surface area contributed by atoms with Gasteiger partial charge in [-0.1, -0.05) is 29.8 Å². The number of nitrogens with one attached hydrogen (secondary N) is 1. The zero-order valence-electron chi connectivity index (χ0n) is 17.2. The van der Waals surface area contributed by atoms with E-state index >= 15 is 0 Å². The average molecular weight is 483 g/mol. The highest BCUT2D eigenvalue weighted by atomic mass is 35.5. The summed E-state index contributed by atoms with van der Waals surface area (Å²) in [6, 6.07) is 13.0. The second kappa shape index (κ2) is 8.65. The van der Waals surface area contributed by atoms with Crippen molar-refractivity contribution in [3.05, 3.63) is 68.4 Å². The number of benzene rings is 1. The van der Waals surface area contributed by atoms with E-state index in [0.717, 1.165) is 45.5 Å². The van der Waals surface area contributed by atoms with Crippen LogP contribution in [0.25, 0.3) is 21.5 Å². The molecule has 0 bridgehead atoms. The number of aryl methyl sites for hydroxylation is 1. The van der Waals surface area contributed by atoms with Gasteiger partial charge in [-0.15, -0.1) is 22.7 Å². The molecule has 0 radical (unpaired) electrons. The number of hydrogen-bond donors (Lipinski definition) is 1. The maximum Gasteiger partial charge on any atom is 0.341 e. The molecule has 0 aliphatic heterocycles. The lowest BCUT2D eigenvalue weighted by atomic mass is 10.1. The van der Waals surface area contributed by atoms with Crippen molar-refractivity contribution in [1.82, 2.24) is 4.98 Å². The molecular formula is C24H19ClN2O3S2. The second-order valence-electron chi connectivity index (χ2n) is 7.41. The summed E-state index contributed by atoms with van der Waals surface area (Å²) < 4.78 is 5.94. The maximum atomic E-state index is 13.5. The first-order valence-electron chi connectivity index (χ1n) is 10.3. The number of rotatable bonds is 5. The Morgan fingerprint density at radius 3 is 2.78 bits per heavy atom. The number of hydrogen-bond acceptors (Lipinski definition) is 6. The largest absolute Gasteiger partial charge is 0.462 e. The minimum absolute atomic E-state index is 0.280. The van der Waals surface area contributed by atoms with Gasteiger partial charge in [-0.2, -0.15) is 0 Å². The molecule has 5 nitrogen and oxygen atoms in total. The molecule has 0 unspecified atom stereocenters. The number of carbonyl (C=O) groups excluding carboxylic acids is 2. The van der Waals surface area contributed by atoms with Crippen LogP contribution in [0.2, 0.25) is 4.34 Å². The predicted molar refractivity (Wildman–Crippen MR) is 130 cm³/mol. The lowest BCUT2D eigenvalue weighted by Crippen LogP contribution is -2.16. The fraction of sp³-hybridized carbons (Fsp3) is 0.208. The standard InChI is InChI=1S/C24H19ClN2O3S2/c1-2-30-24(29)21-14-7-5-9-18(14)32-23(21)27-22(28)15-12-17(19-10-11-20(25)31-19)26-16-8-4-3-6-13(15)16/h3-4,6,8,10-12H,2,5,7,9H2,1H3,(H,27,28). The molecule has 1 amide bonds. The summed E-state index contributed by atoms with van der Waals surface area (Å²) in [6.45, 7) is 2.07. The molecule has 0 spiro atoms. The molecule has 162 valence electrons. The molecule has 5 rings (SSSR count). The summed E-state index contributed by atoms with van der Waals surface area (Å²) in [5.74, 6) is -0.659. The number of esters is 1. The van der Waals surface area contributed by atoms with E-state index < -0.39 is 0 Å². The van der Waals surface area contributed by atoms with Crippen LogP contribution in [0.3, 0.4) is 0 Å². The molecular weight excluding hydrogens is 464 g/mol. The van der Waals surface area contributed by atoms with Crippen LogP contribution in [0.1, 0.15) is 44.5 Å². The molecule has 0 atom stereocenters. The molecule has 0 saturated carbocycles. The number of nitrogens with zero attached hydrogens (tertiary/aromatic N) is 1. The number of thiophene rings is 2. The molecule has 0 fully saturated rings. The maximum absolute atomic E-state index is 13.5. The Labute approximate surface area is 198 Å². The number of carbonyl (C=O) groups is 2. The molecule has 0 saturated heterocycles. The summed E-state index contributed by atoms with van der Waals surface area (Å²) >= 11 is 9.00. The number of halogens is 1. The van der Waals surface area contributed by atoms with Crippen molar-refractivity contribution in [1.29, 1.82) is 0 Å². The zero-order chi connectivity index (χ0) is 22.2. The number of anilines is 1. The first-order chi connectivity index (χ1) is 15.5. The monoisotopic (exact) mass is 482 g/mol. The Kier molecular flexibility index (Phi) is 5.71. The average Bonchev–Trinajstić information content (AvgIpc) is 3.49. The van der Waals surface area contributed by atoms with Gasteiger partial charge in [0, 0.05) is 10.3 Å². The molecule has 8 heteroatoms. The van der Waals surface area contributed by atoms with Crippen molar-refractivity contribution in [3.8, 4) is 10.6 Å². The first kappa shape index (κ1) is 21.1. The highest BCUT2D eigenvalue weighted by Crippen LogP contribution is 2.40. The summed E-state index contributed by atoms with van der Waals surface area (Å²) in [6.07, 6.45) is 2.77. The molecule has 4 aromatic rings. The minimum Gasteiger partial charge on any atom is -0.462 e. The van der Waals surface area contributed by atoms with E-state index in [0.29, 0.717) is 32.8 Å². The third-order valence-electron chi connectivity index (χ3n) is 5.41. The second-order valence-corrected chi connectivity index (χ2v) is 10.2. The predicted octanol–water partition coefficient (Wildman–Crippen LogP) is 6.60. The van der Waals surface area contributed by atoms with E-state index in [9.17, 15) is 9.59 Å². The van der Waals surface area contributed by atoms with Crippen molar-refractivity contribution in [2.24, 2.45) is 0 Å². The smallest absolute Gasteiger partial charge is 0.341 e. The van der Waals surface area contributed by atoms with Crippen LogP contribution in [0.4, 0.5) is 5.00 Å². The van der Waals surface area contributed by atoms with Crippen molar-refractivity contribution in [2.45, 2.75) is 26.2 Å². The minimum atomic E-state index is -0.379. The molecule has 1 aliphatic carbocycles. The number of para-hydroxylation sites is 1. The number of pyridine rings is 1. The Bertz CT molecular complexity index is 1360. The normalized spacial score (nSPS) is 12.7. The summed E-state index contributed by atoms with van der Waals surface area (Å²) in [7, 11) is 0. The zero-order valence-corrected chi connectivity index (χ0v) is 19.6. The van der Waals surface area contributed by atoms with Crippen LogP contribution in [-0.2, 0) is 17.6 Å². The van der Waals surface area contributed by atoms with E-state index in [1.807, 2.05) is 36.4 Å². The fourth-order valence-corrected chi connectivity index (χ4v) is 6.30. The van der Waals surface area contributed by atoms with Crippen molar-refractivity contribution in [2.75, 3.05) is 11.9 Å². The molecule has 3 heterocycles. The van der Waals surface area contributed by atoms with Gasteiger partial charge in [0.05, 0.1) is 38.2 Å². The van der Waals surface area contributed by atoms with E-state index in [2.05, 4.69) is 5.32 Å². The van der Waals surface area contributed by atoms with Crippen LogP contribution in [0, 0.1) is 0 Å². The summed E-state index contributed by atoms with van der Waals surface area (Å²) in [4.78, 5) is 32.9. The lowest BCUT2D eigenvalue weighted by Gasteiger charge is -2.11. The molecule has 1 N–H and O–H groups in total. The lowest BCUT2D eigenvalue weighted by molar-refractivity contribution is 0.0527. The van der Waals surface area contributed by atoms with Crippen molar-refractivity contribution < 1.29 is 14.3 Å². The van der Waals surface area contributed by atoms with Gasteiger partial charge < -0.3 is 10.1 Å². The number of ether oxygens (including phenoxy) is 1. The van der Waals surface area contributed by atoms with Gasteiger partial charge in [0.25, 0.3) is 5.91 Å². The summed E-state index contributed by atoms with van der Waals surface area (Å²) in [5, 5.41) is 4.30. The van der Waals surface area contributed by atoms with E-state index in [-0.39, 0.29) is 11.9 Å². The first-order valence-corrected chi connectivity index (χ1v) is 12.3. The molecule has 1 aliphatic rings. The Hall–Kier alpha value is -2.74. The quantitative estimate of drug-likeness (QED) is 0.325. The van der Waals surface area contributed by atoms with Gasteiger partial charge in [-0.25, -0.2) is 9.78 Å². The number of fused-ring (bicyclic) bond motifs is 2. The van der Waals surface area contributed by atoms with Gasteiger partial charge in [-0.3, -0.25) is 4.79 Å². The Balaban J connectivity index is 1.57. The third-order valence-corrected chi connectivity index (χ3v) is 7.88. The van der Waals surface area contributed by atoms with Crippen LogP contribution in [0.15, 0.2) is 42.5 Å². The van der Waals surface area contributed by atoms with Crippen molar-refractivity contribution >= 4 is 62.1 Å². The Morgan fingerprint density at radius 2 is 2.00 bits per heavy atom. The number of aromatic nitrogens is 1. The van der Waals surface area contributed by atoms with E-state index in [1.165, 1.54) is 22.7 Å². The molecule has 3 aromatic heterocycles. The van der Waals surface area contributed by atoms with Gasteiger partial charge in [0.2, 0.25) is 0 Å². The highest BCUT2D eigenvalue weighted by Gasteiger charge is 2.29. The SMILES string of the molecule is CCOC(=O)c1c(NC(=O)c2cc(-c3ccc(Cl)s3)nc3ccccc23)sc2c1CCC2. The van der Waals surface area contributed by atoms with Gasteiger partial charge in [0.1, 0.15) is 5.00 Å². The van der Waals surface area contributed by atoms with Crippen LogP contribution >= 0.6 is 34.3 Å². The Morgan fingerprint density at radius 1 is 1.16 bits per heavy atom. The third kappa shape index (κ3) is 3.81. The summed E-state index contributed by atoms with van der Waals surface area (Å²) in [5.41, 5.74) is 3.42. The topological polar surface area (TPSA) is 68.3 Å². The van der Waals surface area contributed by atoms with Crippen LogP contribution in [-0.4, -0.2) is 23.5 Å². The van der Waals surface area contributed by atoms with Gasteiger partial charge >= 0.3 is 5.97 Å². The van der Waals surface area contributed by atoms with Crippen molar-refractivity contribution in [3.63, 3.8) is 0 Å². The van der Waals surface area contributed by atoms with E-state index in [1.54, 1.807) is 13.0 Å². The van der Waals surface area contributed by atoms with Gasteiger partial charge in [0.15, 0.2) is 0 Å². The van der Waals surface area contributed by atoms with Crippen LogP contribution < -0.4 is 5.32 Å². The van der Waals surface area contributed by atoms with E-state index in [4.69, 9.17) is 21.3 Å². The molecule has 1 aromatic carbocycles.